The lowest BCUT2D eigenvalue weighted by Gasteiger charge is -2.35. The molecule has 1 aromatic heterocycles. The molecule has 1 aliphatic rings. The van der Waals surface area contributed by atoms with Crippen LogP contribution in [0.2, 0.25) is 0 Å². The Bertz CT molecular complexity index is 1040. The van der Waals surface area contributed by atoms with E-state index in [1.807, 2.05) is 6.07 Å². The molecule has 0 radical (unpaired) electrons. The van der Waals surface area contributed by atoms with E-state index in [4.69, 9.17) is 20.5 Å². The molecule has 3 rings (SSSR count). The molecule has 2 heterocycles. The van der Waals surface area contributed by atoms with Crippen molar-refractivity contribution in [2.75, 3.05) is 11.9 Å². The normalized spacial score (nSPS) is 20.9. The largest absolute Gasteiger partial charge is 0.418 e. The molecule has 2 atom stereocenters. The highest BCUT2D eigenvalue weighted by atomic mass is 19.3. The van der Waals surface area contributed by atoms with Crippen LogP contribution in [0.25, 0.3) is 0 Å². The fourth-order valence-electron chi connectivity index (χ4n) is 2.78. The highest BCUT2D eigenvalue weighted by Crippen LogP contribution is 2.38. The first kappa shape index (κ1) is 21.1. The zero-order valence-electron chi connectivity index (χ0n) is 15.6. The number of ether oxygens (including phenoxy) is 2. The number of nitrogens with zero attached hydrogens (tertiary/aromatic N) is 3. The summed E-state index contributed by atoms with van der Waals surface area (Å²) < 4.78 is 52.6. The van der Waals surface area contributed by atoms with Crippen molar-refractivity contribution in [2.24, 2.45) is 10.7 Å². The first-order valence-corrected chi connectivity index (χ1v) is 8.66. The predicted octanol–water partition coefficient (Wildman–Crippen LogP) is 2.94. The summed E-state index contributed by atoms with van der Waals surface area (Å²) in [5.74, 6) is -1.41. The number of amides is 1. The van der Waals surface area contributed by atoms with Crippen molar-refractivity contribution in [3.05, 3.63) is 53.5 Å². The van der Waals surface area contributed by atoms with Gasteiger partial charge in [-0.25, -0.2) is 22.9 Å². The molecule has 0 aliphatic carbocycles. The number of benzene rings is 1. The number of carbonyl (C=O) groups excluding carboxylic acids is 1. The Labute approximate surface area is 169 Å². The van der Waals surface area contributed by atoms with Gasteiger partial charge in [0, 0.05) is 17.4 Å². The van der Waals surface area contributed by atoms with Gasteiger partial charge in [-0.15, -0.1) is 0 Å². The lowest BCUT2D eigenvalue weighted by molar-refractivity contribution is -0.0340. The van der Waals surface area contributed by atoms with Gasteiger partial charge in [0.15, 0.2) is 5.54 Å². The van der Waals surface area contributed by atoms with Gasteiger partial charge in [-0.2, -0.15) is 5.26 Å². The molecule has 1 aliphatic heterocycles. The molecule has 11 heteroatoms. The number of hydrogen-bond acceptors (Lipinski definition) is 7. The van der Waals surface area contributed by atoms with Gasteiger partial charge in [0.1, 0.15) is 29.4 Å². The number of aliphatic imine (C=N–C) groups is 1. The number of nitrogens with one attached hydrogen (secondary N) is 1. The third kappa shape index (κ3) is 4.04. The Morgan fingerprint density at radius 3 is 2.90 bits per heavy atom. The van der Waals surface area contributed by atoms with Gasteiger partial charge >= 0.3 is 6.09 Å². The SMILES string of the molecule is C[C@H]1OC[C@](c2cc(NC(=O)Oc3ncccc3C#N)ccc2F)(C(F)F)N=C1N. The zero-order valence-corrected chi connectivity index (χ0v) is 15.6. The van der Waals surface area contributed by atoms with Gasteiger partial charge in [0.25, 0.3) is 6.43 Å². The first-order valence-electron chi connectivity index (χ1n) is 8.66. The van der Waals surface area contributed by atoms with Crippen LogP contribution < -0.4 is 15.8 Å². The van der Waals surface area contributed by atoms with Gasteiger partial charge < -0.3 is 15.2 Å². The van der Waals surface area contributed by atoms with Crippen molar-refractivity contribution < 1.29 is 27.4 Å². The van der Waals surface area contributed by atoms with E-state index >= 15 is 0 Å². The molecule has 0 bridgehead atoms. The minimum absolute atomic E-state index is 0.0161. The second-order valence-corrected chi connectivity index (χ2v) is 6.39. The fourth-order valence-corrected chi connectivity index (χ4v) is 2.78. The first-order chi connectivity index (χ1) is 14.3. The lowest BCUT2D eigenvalue weighted by Crippen LogP contribution is -2.48. The highest BCUT2D eigenvalue weighted by molar-refractivity contribution is 5.87. The summed E-state index contributed by atoms with van der Waals surface area (Å²) in [7, 11) is 0. The maximum absolute atomic E-state index is 14.5. The van der Waals surface area contributed by atoms with Gasteiger partial charge in [-0.05, 0) is 37.3 Å². The Morgan fingerprint density at radius 2 is 2.23 bits per heavy atom. The highest BCUT2D eigenvalue weighted by Gasteiger charge is 2.47. The molecule has 0 saturated carbocycles. The summed E-state index contributed by atoms with van der Waals surface area (Å²) in [6.07, 6.45) is -3.56. The molecule has 1 amide bonds. The Hall–Kier alpha value is -3.65. The summed E-state index contributed by atoms with van der Waals surface area (Å²) in [5, 5.41) is 11.3. The number of pyridine rings is 1. The van der Waals surface area contributed by atoms with E-state index in [1.165, 1.54) is 25.3 Å². The number of nitriles is 1. The molecule has 0 saturated heterocycles. The number of anilines is 1. The maximum Gasteiger partial charge on any atom is 0.418 e. The van der Waals surface area contributed by atoms with Crippen molar-refractivity contribution in [1.82, 2.24) is 4.98 Å². The summed E-state index contributed by atoms with van der Waals surface area (Å²) >= 11 is 0. The molecule has 2 aromatic rings. The average Bonchev–Trinajstić information content (AvgIpc) is 2.72. The Morgan fingerprint density at radius 1 is 1.47 bits per heavy atom. The van der Waals surface area contributed by atoms with E-state index in [9.17, 15) is 18.0 Å². The number of nitrogens with two attached hydrogens (primary N) is 1. The number of carbonyl (C=O) groups is 1. The molecular weight excluding hydrogens is 403 g/mol. The Kier molecular flexibility index (Phi) is 5.89. The average molecular weight is 419 g/mol. The summed E-state index contributed by atoms with van der Waals surface area (Å²) in [4.78, 5) is 19.7. The molecule has 30 heavy (non-hydrogen) atoms. The fraction of sp³-hybridized carbons (Fsp3) is 0.263. The van der Waals surface area contributed by atoms with Crippen LogP contribution in [0.5, 0.6) is 5.88 Å². The quantitative estimate of drug-likeness (QED) is 0.786. The van der Waals surface area contributed by atoms with Crippen LogP contribution in [0.15, 0.2) is 41.5 Å². The van der Waals surface area contributed by atoms with E-state index < -0.39 is 42.1 Å². The van der Waals surface area contributed by atoms with E-state index in [1.54, 1.807) is 0 Å². The molecule has 1 aromatic carbocycles. The van der Waals surface area contributed by atoms with E-state index in [-0.39, 0.29) is 23.0 Å². The van der Waals surface area contributed by atoms with Crippen molar-refractivity contribution in [3.63, 3.8) is 0 Å². The molecule has 156 valence electrons. The van der Waals surface area contributed by atoms with Crippen LogP contribution in [-0.4, -0.2) is 36.0 Å². The van der Waals surface area contributed by atoms with Gasteiger partial charge in [0.2, 0.25) is 5.88 Å². The third-order valence-electron chi connectivity index (χ3n) is 4.42. The van der Waals surface area contributed by atoms with Crippen molar-refractivity contribution in [1.29, 1.82) is 5.26 Å². The summed E-state index contributed by atoms with van der Waals surface area (Å²) in [5.41, 5.74) is 2.77. The second kappa shape index (κ2) is 8.38. The number of halogens is 3. The number of amidine groups is 1. The van der Waals surface area contributed by atoms with Crippen molar-refractivity contribution >= 4 is 17.6 Å². The molecule has 3 N–H and O–H groups in total. The minimum Gasteiger partial charge on any atom is -0.390 e. The van der Waals surface area contributed by atoms with Crippen molar-refractivity contribution in [2.45, 2.75) is 25.0 Å². The molecular formula is C19H16F3N5O3. The van der Waals surface area contributed by atoms with E-state index in [2.05, 4.69) is 15.3 Å². The number of aromatic nitrogens is 1. The van der Waals surface area contributed by atoms with Crippen LogP contribution in [0.3, 0.4) is 0 Å². The predicted molar refractivity (Wildman–Crippen MR) is 99.7 cm³/mol. The van der Waals surface area contributed by atoms with Gasteiger partial charge in [0.05, 0.1) is 6.61 Å². The van der Waals surface area contributed by atoms with Gasteiger partial charge in [-0.1, -0.05) is 0 Å². The molecule has 0 spiro atoms. The molecule has 8 nitrogen and oxygen atoms in total. The molecule has 0 unspecified atom stereocenters. The minimum atomic E-state index is -3.13. The lowest BCUT2D eigenvalue weighted by atomic mass is 9.89. The Balaban J connectivity index is 1.90. The second-order valence-electron chi connectivity index (χ2n) is 6.39. The van der Waals surface area contributed by atoms with Crippen molar-refractivity contribution in [3.8, 4) is 11.9 Å². The number of hydrogen-bond donors (Lipinski definition) is 2. The zero-order chi connectivity index (χ0) is 21.9. The van der Waals surface area contributed by atoms with Crippen LogP contribution in [-0.2, 0) is 10.3 Å². The van der Waals surface area contributed by atoms with Crippen LogP contribution in [0.4, 0.5) is 23.7 Å². The number of rotatable bonds is 4. The third-order valence-corrected chi connectivity index (χ3v) is 4.42. The molecule has 0 fully saturated rings. The standard InChI is InChI=1S/C19H16F3N5O3/c1-10-15(24)27-19(9-29-10,17(21)22)13-7-12(4-5-14(13)20)26-18(28)30-16-11(8-23)3-2-6-25-16/h2-7,10,17H,9H2,1H3,(H2,24,27)(H,26,28)/t10-,19+/m1/s1. The van der Waals surface area contributed by atoms with Crippen LogP contribution >= 0.6 is 0 Å². The van der Waals surface area contributed by atoms with E-state index in [0.29, 0.717) is 0 Å². The topological polar surface area (TPSA) is 123 Å². The smallest absolute Gasteiger partial charge is 0.390 e. The number of alkyl halides is 2. The van der Waals surface area contributed by atoms with Crippen LogP contribution in [0.1, 0.15) is 18.1 Å². The summed E-state index contributed by atoms with van der Waals surface area (Å²) in [6, 6.07) is 7.75. The van der Waals surface area contributed by atoms with Gasteiger partial charge in [-0.3, -0.25) is 10.3 Å². The summed E-state index contributed by atoms with van der Waals surface area (Å²) in [6.45, 7) is 0.933. The monoisotopic (exact) mass is 419 g/mol. The van der Waals surface area contributed by atoms with Crippen LogP contribution in [0, 0.1) is 17.1 Å². The van der Waals surface area contributed by atoms with E-state index in [0.717, 1.165) is 18.2 Å². The maximum atomic E-state index is 14.5.